The van der Waals surface area contributed by atoms with Crippen molar-refractivity contribution < 1.29 is 14.3 Å². The minimum atomic E-state index is 0.238. The average molecular weight is 588 g/mol. The van der Waals surface area contributed by atoms with Crippen LogP contribution in [0.4, 0.5) is 11.4 Å². The number of hydrogen-bond acceptors (Lipinski definition) is 5. The molecular weight excluding hydrogens is 534 g/mol. The van der Waals surface area contributed by atoms with E-state index in [-0.39, 0.29) is 12.2 Å². The molecular formula is C37H53N3O3. The summed E-state index contributed by atoms with van der Waals surface area (Å²) in [4.78, 5) is 10.6. The summed E-state index contributed by atoms with van der Waals surface area (Å²) >= 11 is 0. The normalized spacial score (nSPS) is 13.9. The number of ether oxygens (including phenoxy) is 2. The van der Waals surface area contributed by atoms with Crippen LogP contribution in [0.5, 0.6) is 5.75 Å². The van der Waals surface area contributed by atoms with Gasteiger partial charge < -0.3 is 20.5 Å². The second kappa shape index (κ2) is 20.3. The van der Waals surface area contributed by atoms with Crippen LogP contribution in [0, 0.1) is 5.41 Å². The van der Waals surface area contributed by atoms with Crippen LogP contribution in [-0.4, -0.2) is 24.3 Å². The number of amides is 1. The Morgan fingerprint density at radius 1 is 0.977 bits per heavy atom. The number of anilines is 2. The van der Waals surface area contributed by atoms with E-state index >= 15 is 0 Å². The highest BCUT2D eigenvalue weighted by Gasteiger charge is 2.18. The minimum Gasteiger partial charge on any atom is -0.490 e. The predicted molar refractivity (Wildman–Crippen MR) is 181 cm³/mol. The number of nitrogens with two attached hydrogens (primary N) is 1. The van der Waals surface area contributed by atoms with E-state index in [9.17, 15) is 4.79 Å². The van der Waals surface area contributed by atoms with Crippen LogP contribution in [0.15, 0.2) is 72.8 Å². The predicted octanol–water partition coefficient (Wildman–Crippen LogP) is 9.72. The lowest BCUT2D eigenvalue weighted by molar-refractivity contribution is -0.105. The van der Waals surface area contributed by atoms with E-state index in [1.165, 1.54) is 37.7 Å². The van der Waals surface area contributed by atoms with Gasteiger partial charge in [0.15, 0.2) is 0 Å². The van der Waals surface area contributed by atoms with Gasteiger partial charge in [0.1, 0.15) is 5.75 Å². The molecule has 1 amide bonds. The molecule has 6 heteroatoms. The molecule has 4 rings (SSSR count). The largest absolute Gasteiger partial charge is 0.490 e. The Morgan fingerprint density at radius 2 is 1.65 bits per heavy atom. The third kappa shape index (κ3) is 12.2. The average Bonchev–Trinajstić information content (AvgIpc) is 3.56. The SMILES string of the molecule is CC.CC(OC1CCCC1)c1ccccc1.CCCCC(CCC)Oc1ccc(C(=N)c2cc(NC=O)ccc2N)cc1. The Labute approximate surface area is 259 Å². The molecule has 1 fully saturated rings. The molecule has 4 N–H and O–H groups in total. The highest BCUT2D eigenvalue weighted by Crippen LogP contribution is 2.27. The molecule has 0 aliphatic heterocycles. The van der Waals surface area contributed by atoms with Crippen LogP contribution in [0.1, 0.15) is 115 Å². The van der Waals surface area contributed by atoms with Crippen molar-refractivity contribution in [1.82, 2.24) is 0 Å². The van der Waals surface area contributed by atoms with Crippen molar-refractivity contribution in [2.24, 2.45) is 0 Å². The molecule has 1 saturated carbocycles. The second-order valence-corrected chi connectivity index (χ2v) is 10.7. The number of nitrogen functional groups attached to an aromatic ring is 1. The van der Waals surface area contributed by atoms with Gasteiger partial charge in [-0.05, 0) is 80.6 Å². The zero-order valence-corrected chi connectivity index (χ0v) is 26.9. The Morgan fingerprint density at radius 3 is 2.26 bits per heavy atom. The fraction of sp³-hybridized carbons (Fsp3) is 0.459. The maximum absolute atomic E-state index is 10.6. The van der Waals surface area contributed by atoms with E-state index in [2.05, 4.69) is 50.4 Å². The molecule has 0 spiro atoms. The number of benzene rings is 3. The van der Waals surface area contributed by atoms with Gasteiger partial charge in [0.05, 0.1) is 24.0 Å². The van der Waals surface area contributed by atoms with Gasteiger partial charge in [-0.1, -0.05) is 90.1 Å². The van der Waals surface area contributed by atoms with E-state index in [0.717, 1.165) is 37.0 Å². The number of carbonyl (C=O) groups is 1. The molecule has 0 aromatic heterocycles. The summed E-state index contributed by atoms with van der Waals surface area (Å²) in [6, 6.07) is 23.1. The molecule has 0 radical (unpaired) electrons. The lowest BCUT2D eigenvalue weighted by atomic mass is 10.00. The first-order valence-electron chi connectivity index (χ1n) is 16.1. The van der Waals surface area contributed by atoms with E-state index in [0.29, 0.717) is 35.2 Å². The van der Waals surface area contributed by atoms with Crippen molar-refractivity contribution in [3.05, 3.63) is 89.5 Å². The van der Waals surface area contributed by atoms with Crippen LogP contribution in [0.2, 0.25) is 0 Å². The van der Waals surface area contributed by atoms with Crippen molar-refractivity contribution in [2.45, 2.75) is 111 Å². The van der Waals surface area contributed by atoms with E-state index in [4.69, 9.17) is 20.6 Å². The van der Waals surface area contributed by atoms with Crippen molar-refractivity contribution in [2.75, 3.05) is 11.1 Å². The van der Waals surface area contributed by atoms with E-state index < -0.39 is 0 Å². The van der Waals surface area contributed by atoms with Gasteiger partial charge in [-0.15, -0.1) is 0 Å². The Kier molecular flexibility index (Phi) is 16.8. The summed E-state index contributed by atoms with van der Waals surface area (Å²) in [5.41, 5.74) is 10.1. The minimum absolute atomic E-state index is 0.238. The summed E-state index contributed by atoms with van der Waals surface area (Å²) in [6.45, 7) is 10.5. The van der Waals surface area contributed by atoms with Crippen LogP contribution < -0.4 is 15.8 Å². The molecule has 234 valence electrons. The summed E-state index contributed by atoms with van der Waals surface area (Å²) < 4.78 is 12.1. The van der Waals surface area contributed by atoms with Gasteiger partial charge in [-0.2, -0.15) is 0 Å². The van der Waals surface area contributed by atoms with Gasteiger partial charge in [0.25, 0.3) is 0 Å². The third-order valence-corrected chi connectivity index (χ3v) is 7.45. The van der Waals surface area contributed by atoms with Crippen molar-refractivity contribution in [3.63, 3.8) is 0 Å². The number of nitrogens with one attached hydrogen (secondary N) is 2. The molecule has 0 bridgehead atoms. The van der Waals surface area contributed by atoms with Crippen LogP contribution in [0.25, 0.3) is 0 Å². The zero-order chi connectivity index (χ0) is 31.5. The van der Waals surface area contributed by atoms with Crippen LogP contribution in [-0.2, 0) is 9.53 Å². The van der Waals surface area contributed by atoms with Gasteiger partial charge >= 0.3 is 0 Å². The molecule has 0 saturated heterocycles. The van der Waals surface area contributed by atoms with E-state index in [1.807, 2.05) is 44.2 Å². The Bertz CT molecular complexity index is 1190. The topological polar surface area (TPSA) is 97.4 Å². The maximum atomic E-state index is 10.6. The lowest BCUT2D eigenvalue weighted by Crippen LogP contribution is -2.16. The van der Waals surface area contributed by atoms with Gasteiger partial charge in [-0.25, -0.2) is 0 Å². The Hall–Kier alpha value is -3.64. The maximum Gasteiger partial charge on any atom is 0.211 e. The number of hydrogen-bond donors (Lipinski definition) is 3. The molecule has 3 aromatic rings. The highest BCUT2D eigenvalue weighted by molar-refractivity contribution is 6.14. The fourth-order valence-corrected chi connectivity index (χ4v) is 5.11. The van der Waals surface area contributed by atoms with E-state index in [1.54, 1.807) is 18.2 Å². The molecule has 43 heavy (non-hydrogen) atoms. The smallest absolute Gasteiger partial charge is 0.211 e. The number of carbonyl (C=O) groups excluding carboxylic acids is 1. The number of unbranched alkanes of at least 4 members (excludes halogenated alkanes) is 1. The van der Waals surface area contributed by atoms with Crippen molar-refractivity contribution in [3.8, 4) is 5.75 Å². The van der Waals surface area contributed by atoms with Gasteiger partial charge in [-0.3, -0.25) is 10.2 Å². The fourth-order valence-electron chi connectivity index (χ4n) is 5.11. The second-order valence-electron chi connectivity index (χ2n) is 10.7. The van der Waals surface area contributed by atoms with Crippen LogP contribution in [0.3, 0.4) is 0 Å². The molecule has 3 aromatic carbocycles. The summed E-state index contributed by atoms with van der Waals surface area (Å²) in [5, 5.41) is 11.1. The number of rotatable bonds is 14. The summed E-state index contributed by atoms with van der Waals surface area (Å²) in [7, 11) is 0. The first kappa shape index (κ1) is 35.6. The highest BCUT2D eigenvalue weighted by atomic mass is 16.5. The summed E-state index contributed by atoms with van der Waals surface area (Å²) in [6.07, 6.45) is 12.3. The third-order valence-electron chi connectivity index (χ3n) is 7.45. The van der Waals surface area contributed by atoms with Crippen molar-refractivity contribution >= 4 is 23.5 Å². The first-order valence-corrected chi connectivity index (χ1v) is 16.1. The standard InChI is InChI=1S/C22H29N3O2.C13H18O.C2H6/c1-3-5-7-18(6-4-2)27-19-11-8-16(9-12-19)22(24)20-14-17(25-15-26)10-13-21(20)23;1-11(12-7-3-2-4-8-12)14-13-9-5-6-10-13;1-2/h8-15,18,24H,3-7,23H2,1-2H3,(H,25,26);2-4,7-8,11,13H,5-6,9-10H2,1H3;1-2H3. The molecule has 1 aliphatic rings. The molecule has 0 heterocycles. The van der Waals surface area contributed by atoms with Crippen LogP contribution >= 0.6 is 0 Å². The first-order chi connectivity index (χ1) is 20.9. The Balaban J connectivity index is 0.000000336. The van der Waals surface area contributed by atoms with Gasteiger partial charge in [0.2, 0.25) is 6.41 Å². The molecule has 1 aliphatic carbocycles. The van der Waals surface area contributed by atoms with Gasteiger partial charge in [0, 0.05) is 22.5 Å². The quantitative estimate of drug-likeness (QED) is 0.0993. The molecule has 2 unspecified atom stereocenters. The molecule has 6 nitrogen and oxygen atoms in total. The monoisotopic (exact) mass is 587 g/mol. The summed E-state index contributed by atoms with van der Waals surface area (Å²) in [5.74, 6) is 0.824. The zero-order valence-electron chi connectivity index (χ0n) is 26.9. The van der Waals surface area contributed by atoms with Crippen molar-refractivity contribution in [1.29, 1.82) is 5.41 Å². The lowest BCUT2D eigenvalue weighted by Gasteiger charge is -2.19. The molecule has 2 atom stereocenters.